The summed E-state index contributed by atoms with van der Waals surface area (Å²) in [4.78, 5) is 0. The van der Waals surface area contributed by atoms with Crippen LogP contribution in [0.25, 0.3) is 0 Å². The summed E-state index contributed by atoms with van der Waals surface area (Å²) in [7, 11) is 0. The first-order chi connectivity index (χ1) is 7.77. The Morgan fingerprint density at radius 3 is 2.25 bits per heavy atom. The molecule has 1 aromatic rings. The first-order valence-electron chi connectivity index (χ1n) is 5.43. The van der Waals surface area contributed by atoms with Gasteiger partial charge >= 0.3 is 0 Å². The Hall–Kier alpha value is -1.16. The Morgan fingerprint density at radius 2 is 1.62 bits per heavy atom. The minimum atomic E-state index is -0.592. The highest BCUT2D eigenvalue weighted by molar-refractivity contribution is 5.13. The lowest BCUT2D eigenvalue weighted by atomic mass is 10.0. The Balaban J connectivity index is 1.76. The van der Waals surface area contributed by atoms with Gasteiger partial charge in [0.15, 0.2) is 0 Å². The van der Waals surface area contributed by atoms with Crippen LogP contribution in [-0.2, 0) is 11.3 Å². The third-order valence-corrected chi connectivity index (χ3v) is 2.80. The van der Waals surface area contributed by atoms with Crippen molar-refractivity contribution < 1.29 is 14.9 Å². The average Bonchev–Trinajstić information content (AvgIpc) is 2.62. The van der Waals surface area contributed by atoms with Crippen LogP contribution in [0.3, 0.4) is 0 Å². The van der Waals surface area contributed by atoms with E-state index in [2.05, 4.69) is 0 Å². The van der Waals surface area contributed by atoms with Crippen molar-refractivity contribution in [1.29, 1.82) is 0 Å². The molecule has 2 unspecified atom stereocenters. The second kappa shape index (κ2) is 5.25. The Kier molecular flexibility index (Phi) is 3.72. The largest absolute Gasteiger partial charge is 0.389 e. The van der Waals surface area contributed by atoms with E-state index in [4.69, 9.17) is 4.74 Å². The van der Waals surface area contributed by atoms with Crippen molar-refractivity contribution in [1.82, 2.24) is 0 Å². The van der Waals surface area contributed by atoms with Crippen molar-refractivity contribution in [3.63, 3.8) is 0 Å². The molecule has 0 spiro atoms. The second-order valence-electron chi connectivity index (χ2n) is 4.03. The standard InChI is InChI=1S/C13H16O3/c14-12-6-7-13(15)11(12)9-16-8-10-4-2-1-3-5-10/h1-7,11-15H,8-9H2. The summed E-state index contributed by atoms with van der Waals surface area (Å²) in [6.07, 6.45) is 2.04. The first kappa shape index (κ1) is 11.3. The molecule has 2 rings (SSSR count). The zero-order valence-corrected chi connectivity index (χ0v) is 8.99. The molecule has 0 radical (unpaired) electrons. The fraction of sp³-hybridized carbons (Fsp3) is 0.385. The van der Waals surface area contributed by atoms with Crippen LogP contribution in [0.4, 0.5) is 0 Å². The van der Waals surface area contributed by atoms with E-state index >= 15 is 0 Å². The maximum Gasteiger partial charge on any atom is 0.0800 e. The van der Waals surface area contributed by atoms with Crippen molar-refractivity contribution in [3.05, 3.63) is 48.0 Å². The van der Waals surface area contributed by atoms with Gasteiger partial charge in [-0.1, -0.05) is 42.5 Å². The lowest BCUT2D eigenvalue weighted by molar-refractivity contribution is 0.00105. The van der Waals surface area contributed by atoms with Crippen LogP contribution in [0, 0.1) is 5.92 Å². The molecule has 3 heteroatoms. The van der Waals surface area contributed by atoms with Gasteiger partial charge in [-0.2, -0.15) is 0 Å². The molecule has 86 valence electrons. The highest BCUT2D eigenvalue weighted by Crippen LogP contribution is 2.20. The topological polar surface area (TPSA) is 49.7 Å². The quantitative estimate of drug-likeness (QED) is 0.747. The zero-order valence-electron chi connectivity index (χ0n) is 8.99. The van der Waals surface area contributed by atoms with Gasteiger partial charge in [-0.05, 0) is 5.56 Å². The van der Waals surface area contributed by atoms with Gasteiger partial charge in [0, 0.05) is 5.92 Å². The summed E-state index contributed by atoms with van der Waals surface area (Å²) in [5.74, 6) is -0.233. The summed E-state index contributed by atoms with van der Waals surface area (Å²) in [5.41, 5.74) is 1.09. The number of rotatable bonds is 4. The third kappa shape index (κ3) is 2.70. The average molecular weight is 220 g/mol. The van der Waals surface area contributed by atoms with Crippen LogP contribution >= 0.6 is 0 Å². The SMILES string of the molecule is OC1C=CC(O)C1COCc1ccccc1. The van der Waals surface area contributed by atoms with Crippen LogP contribution in [0.5, 0.6) is 0 Å². The monoisotopic (exact) mass is 220 g/mol. The van der Waals surface area contributed by atoms with Crippen molar-refractivity contribution >= 4 is 0 Å². The van der Waals surface area contributed by atoms with E-state index < -0.39 is 12.2 Å². The molecule has 16 heavy (non-hydrogen) atoms. The van der Waals surface area contributed by atoms with Gasteiger partial charge in [-0.25, -0.2) is 0 Å². The second-order valence-corrected chi connectivity index (χ2v) is 4.03. The molecule has 0 saturated carbocycles. The highest BCUT2D eigenvalue weighted by Gasteiger charge is 2.28. The minimum Gasteiger partial charge on any atom is -0.389 e. The predicted molar refractivity (Wildman–Crippen MR) is 60.7 cm³/mol. The molecule has 0 saturated heterocycles. The lowest BCUT2D eigenvalue weighted by Crippen LogP contribution is -2.28. The summed E-state index contributed by atoms with van der Waals surface area (Å²) in [5, 5.41) is 19.1. The molecule has 0 aliphatic heterocycles. The fourth-order valence-electron chi connectivity index (χ4n) is 1.80. The molecule has 3 nitrogen and oxygen atoms in total. The van der Waals surface area contributed by atoms with E-state index in [1.807, 2.05) is 30.3 Å². The first-order valence-corrected chi connectivity index (χ1v) is 5.43. The molecule has 0 bridgehead atoms. The Bertz CT molecular complexity index is 335. The van der Waals surface area contributed by atoms with E-state index in [0.29, 0.717) is 13.2 Å². The van der Waals surface area contributed by atoms with Gasteiger partial charge in [0.05, 0.1) is 25.4 Å². The van der Waals surface area contributed by atoms with Crippen molar-refractivity contribution in [2.75, 3.05) is 6.61 Å². The zero-order chi connectivity index (χ0) is 11.4. The molecular formula is C13H16O3. The highest BCUT2D eigenvalue weighted by atomic mass is 16.5. The van der Waals surface area contributed by atoms with Gasteiger partial charge in [0.25, 0.3) is 0 Å². The molecule has 0 aromatic heterocycles. The van der Waals surface area contributed by atoms with Crippen LogP contribution in [0.2, 0.25) is 0 Å². The van der Waals surface area contributed by atoms with Gasteiger partial charge in [-0.15, -0.1) is 0 Å². The van der Waals surface area contributed by atoms with Crippen LogP contribution < -0.4 is 0 Å². The number of benzene rings is 1. The lowest BCUT2D eigenvalue weighted by Gasteiger charge is -2.18. The van der Waals surface area contributed by atoms with Gasteiger partial charge in [0.2, 0.25) is 0 Å². The molecule has 0 heterocycles. The molecule has 1 aliphatic carbocycles. The number of aliphatic hydroxyl groups is 2. The third-order valence-electron chi connectivity index (χ3n) is 2.80. The van der Waals surface area contributed by atoms with Gasteiger partial charge in [-0.3, -0.25) is 0 Å². The molecule has 0 amide bonds. The van der Waals surface area contributed by atoms with E-state index in [1.165, 1.54) is 0 Å². The normalized spacial score (nSPS) is 28.5. The van der Waals surface area contributed by atoms with E-state index in [0.717, 1.165) is 5.56 Å². The maximum absolute atomic E-state index is 9.53. The van der Waals surface area contributed by atoms with E-state index in [-0.39, 0.29) is 5.92 Å². The molecule has 1 aliphatic rings. The summed E-state index contributed by atoms with van der Waals surface area (Å²) in [6, 6.07) is 9.84. The summed E-state index contributed by atoms with van der Waals surface area (Å²) >= 11 is 0. The molecule has 2 N–H and O–H groups in total. The molecular weight excluding hydrogens is 204 g/mol. The number of hydrogen-bond acceptors (Lipinski definition) is 3. The van der Waals surface area contributed by atoms with Gasteiger partial charge < -0.3 is 14.9 Å². The molecule has 0 fully saturated rings. The van der Waals surface area contributed by atoms with Crippen LogP contribution in [0.15, 0.2) is 42.5 Å². The fourth-order valence-corrected chi connectivity index (χ4v) is 1.80. The van der Waals surface area contributed by atoms with Gasteiger partial charge in [0.1, 0.15) is 0 Å². The minimum absolute atomic E-state index is 0.233. The van der Waals surface area contributed by atoms with E-state index in [1.54, 1.807) is 12.2 Å². The summed E-state index contributed by atoms with van der Waals surface area (Å²) < 4.78 is 5.48. The Labute approximate surface area is 95.0 Å². The smallest absolute Gasteiger partial charge is 0.0800 e. The number of hydrogen-bond donors (Lipinski definition) is 2. The predicted octanol–water partition coefficient (Wildman–Crippen LogP) is 1.11. The Morgan fingerprint density at radius 1 is 1.00 bits per heavy atom. The van der Waals surface area contributed by atoms with Crippen molar-refractivity contribution in [2.24, 2.45) is 5.92 Å². The number of aliphatic hydroxyl groups excluding tert-OH is 2. The maximum atomic E-state index is 9.53. The van der Waals surface area contributed by atoms with Crippen molar-refractivity contribution in [3.8, 4) is 0 Å². The molecule has 2 atom stereocenters. The number of ether oxygens (including phenoxy) is 1. The van der Waals surface area contributed by atoms with Crippen LogP contribution in [-0.4, -0.2) is 29.0 Å². The van der Waals surface area contributed by atoms with E-state index in [9.17, 15) is 10.2 Å². The van der Waals surface area contributed by atoms with Crippen molar-refractivity contribution in [2.45, 2.75) is 18.8 Å². The van der Waals surface area contributed by atoms with Crippen LogP contribution in [0.1, 0.15) is 5.56 Å². The molecule has 1 aromatic carbocycles. The summed E-state index contributed by atoms with van der Waals surface area (Å²) in [6.45, 7) is 0.876.